The molecule has 1 aliphatic rings. The lowest BCUT2D eigenvalue weighted by atomic mass is 9.66. The molecule has 0 N–H and O–H groups in total. The third-order valence-corrected chi connectivity index (χ3v) is 6.59. The van der Waals surface area contributed by atoms with Crippen LogP contribution in [0.1, 0.15) is 98.1 Å². The number of aryl methyl sites for hydroxylation is 3. The summed E-state index contributed by atoms with van der Waals surface area (Å²) in [5.41, 5.74) is 9.59. The molecule has 0 fully saturated rings. The summed E-state index contributed by atoms with van der Waals surface area (Å²) < 4.78 is 0. The smallest absolute Gasteiger partial charge is 0.193 e. The fourth-order valence-electron chi connectivity index (χ4n) is 4.44. The second-order valence-corrected chi connectivity index (χ2v) is 8.93. The van der Waals surface area contributed by atoms with Crippen molar-refractivity contribution in [3.05, 3.63) is 74.8 Å². The number of fused-ring (bicyclic) bond motifs is 1. The molecule has 0 aromatic heterocycles. The minimum Gasteiger partial charge on any atom is -0.289 e. The normalized spacial score (nSPS) is 15.0. The number of carbonyl (C=O) groups is 1. The number of rotatable bonds is 4. The number of allylic oxidation sites excluding steroid dienone is 2. The molecule has 0 amide bonds. The molecule has 0 heterocycles. The first-order valence-corrected chi connectivity index (χ1v) is 11.3. The van der Waals surface area contributed by atoms with Crippen LogP contribution in [0, 0.1) is 18.8 Å². The van der Waals surface area contributed by atoms with Gasteiger partial charge in [0.1, 0.15) is 0 Å². The Morgan fingerprint density at radius 3 is 2.23 bits per heavy atom. The van der Waals surface area contributed by atoms with Gasteiger partial charge in [-0.1, -0.05) is 75.8 Å². The Hall–Kier alpha value is -2.59. The van der Waals surface area contributed by atoms with E-state index < -0.39 is 0 Å². The Balaban J connectivity index is 2.25. The molecule has 0 spiro atoms. The summed E-state index contributed by atoms with van der Waals surface area (Å²) in [7, 11) is 0. The fourth-order valence-corrected chi connectivity index (χ4v) is 4.44. The maximum absolute atomic E-state index is 13.8. The van der Waals surface area contributed by atoms with Crippen molar-refractivity contribution in [1.82, 2.24) is 0 Å². The van der Waals surface area contributed by atoms with Gasteiger partial charge in [0, 0.05) is 28.5 Å². The van der Waals surface area contributed by atoms with E-state index in [1.807, 2.05) is 0 Å². The van der Waals surface area contributed by atoms with Crippen LogP contribution in [-0.2, 0) is 18.3 Å². The van der Waals surface area contributed by atoms with Gasteiger partial charge in [-0.3, -0.25) is 4.79 Å². The van der Waals surface area contributed by atoms with Crippen molar-refractivity contribution < 1.29 is 4.79 Å². The van der Waals surface area contributed by atoms with Crippen LogP contribution in [0.2, 0.25) is 0 Å². The summed E-state index contributed by atoms with van der Waals surface area (Å²) >= 11 is 0. The van der Waals surface area contributed by atoms with Gasteiger partial charge in [0.15, 0.2) is 5.78 Å². The Bertz CT molecular complexity index is 1080. The third kappa shape index (κ3) is 3.77. The van der Waals surface area contributed by atoms with E-state index in [1.165, 1.54) is 16.7 Å². The van der Waals surface area contributed by atoms with E-state index in [9.17, 15) is 4.79 Å². The molecule has 0 saturated carbocycles. The molecule has 3 rings (SSSR count). The minimum atomic E-state index is -0.220. The lowest BCUT2D eigenvalue weighted by Crippen LogP contribution is -2.30. The van der Waals surface area contributed by atoms with Crippen LogP contribution >= 0.6 is 0 Å². The van der Waals surface area contributed by atoms with Crippen LogP contribution in [0.15, 0.2) is 35.9 Å². The van der Waals surface area contributed by atoms with Gasteiger partial charge in [0.25, 0.3) is 0 Å². The maximum atomic E-state index is 13.8. The van der Waals surface area contributed by atoms with Crippen molar-refractivity contribution in [3.8, 4) is 11.8 Å². The highest BCUT2D eigenvalue weighted by atomic mass is 16.1. The number of hydrogen-bond donors (Lipinski definition) is 0. The highest BCUT2D eigenvalue weighted by Crippen LogP contribution is 2.45. The molecular formula is C29H34O. The molecule has 0 aliphatic heterocycles. The van der Waals surface area contributed by atoms with Crippen molar-refractivity contribution in [1.29, 1.82) is 0 Å². The molecule has 30 heavy (non-hydrogen) atoms. The number of benzene rings is 2. The Labute approximate surface area is 182 Å². The Kier molecular flexibility index (Phi) is 6.37. The zero-order chi connectivity index (χ0) is 22.1. The lowest BCUT2D eigenvalue weighted by molar-refractivity contribution is 0.105. The van der Waals surface area contributed by atoms with Gasteiger partial charge in [-0.15, -0.1) is 0 Å². The predicted molar refractivity (Wildman–Crippen MR) is 128 cm³/mol. The van der Waals surface area contributed by atoms with E-state index in [1.54, 1.807) is 0 Å². The molecular weight excluding hydrogens is 364 g/mol. The summed E-state index contributed by atoms with van der Waals surface area (Å²) in [6.07, 6.45) is 3.75. The number of carbonyl (C=O) groups excluding carboxylic acids is 1. The minimum absolute atomic E-state index is 0.156. The largest absolute Gasteiger partial charge is 0.289 e. The summed E-state index contributed by atoms with van der Waals surface area (Å²) in [6, 6.07) is 10.8. The molecule has 156 valence electrons. The van der Waals surface area contributed by atoms with E-state index in [2.05, 4.69) is 90.6 Å². The first kappa shape index (κ1) is 22.1. The van der Waals surface area contributed by atoms with Crippen molar-refractivity contribution in [3.63, 3.8) is 0 Å². The molecule has 1 aliphatic carbocycles. The molecule has 0 bridgehead atoms. The van der Waals surface area contributed by atoms with Gasteiger partial charge in [-0.25, -0.2) is 0 Å². The first-order valence-electron chi connectivity index (χ1n) is 11.3. The van der Waals surface area contributed by atoms with Gasteiger partial charge in [-0.05, 0) is 67.5 Å². The van der Waals surface area contributed by atoms with E-state index in [0.29, 0.717) is 0 Å². The Morgan fingerprint density at radius 2 is 1.60 bits per heavy atom. The van der Waals surface area contributed by atoms with Gasteiger partial charge >= 0.3 is 0 Å². The van der Waals surface area contributed by atoms with Crippen molar-refractivity contribution in [2.24, 2.45) is 0 Å². The van der Waals surface area contributed by atoms with Crippen molar-refractivity contribution in [2.45, 2.75) is 79.6 Å². The topological polar surface area (TPSA) is 17.1 Å². The van der Waals surface area contributed by atoms with Crippen LogP contribution in [0.25, 0.3) is 5.57 Å². The van der Waals surface area contributed by atoms with E-state index in [4.69, 9.17) is 0 Å². The fraction of sp³-hybridized carbons (Fsp3) is 0.414. The van der Waals surface area contributed by atoms with Crippen molar-refractivity contribution >= 4 is 11.4 Å². The number of hydrogen-bond acceptors (Lipinski definition) is 1. The summed E-state index contributed by atoms with van der Waals surface area (Å²) in [5.74, 6) is 6.82. The lowest BCUT2D eigenvalue weighted by Gasteiger charge is -2.36. The van der Waals surface area contributed by atoms with Gasteiger partial charge in [0.05, 0.1) is 0 Å². The number of unbranched alkanes of at least 4 members (excludes halogenated alkanes) is 1. The van der Waals surface area contributed by atoms with Crippen LogP contribution in [0.3, 0.4) is 0 Å². The molecule has 2 aromatic rings. The number of Topliss-reactive ketones (excluding diaryl/α,β-unsaturated/α-hetero) is 1. The molecule has 0 radical (unpaired) electrons. The standard InChI is InChI=1S/C29H34O/c1-8-11-12-13-23-18-26-25(17-21(23)9-2)28(30)27(20(5)29(26,6)7)24-15-14-19(4)16-22(24)10-3/h14-18H,8-11H2,1-7H3. The van der Waals surface area contributed by atoms with E-state index >= 15 is 0 Å². The highest BCUT2D eigenvalue weighted by molar-refractivity contribution is 6.32. The summed E-state index contributed by atoms with van der Waals surface area (Å²) in [6.45, 7) is 15.2. The van der Waals surface area contributed by atoms with E-state index in [-0.39, 0.29) is 11.2 Å². The van der Waals surface area contributed by atoms with Crippen molar-refractivity contribution in [2.75, 3.05) is 0 Å². The quantitative estimate of drug-likeness (QED) is 0.497. The molecule has 0 atom stereocenters. The number of ketones is 1. The zero-order valence-corrected chi connectivity index (χ0v) is 19.6. The summed E-state index contributed by atoms with van der Waals surface area (Å²) in [5, 5.41) is 0. The van der Waals surface area contributed by atoms with Gasteiger partial charge in [-0.2, -0.15) is 0 Å². The van der Waals surface area contributed by atoms with Gasteiger partial charge < -0.3 is 0 Å². The summed E-state index contributed by atoms with van der Waals surface area (Å²) in [4.78, 5) is 13.8. The molecule has 0 unspecified atom stereocenters. The second kappa shape index (κ2) is 8.65. The van der Waals surface area contributed by atoms with E-state index in [0.717, 1.165) is 59.1 Å². The average molecular weight is 399 g/mol. The molecule has 1 nitrogen and oxygen atoms in total. The second-order valence-electron chi connectivity index (χ2n) is 8.93. The van der Waals surface area contributed by atoms with Crippen LogP contribution < -0.4 is 0 Å². The van der Waals surface area contributed by atoms with Crippen LogP contribution in [0.4, 0.5) is 0 Å². The Morgan fingerprint density at radius 1 is 0.900 bits per heavy atom. The SMILES string of the molecule is CCCC#Cc1cc2c(cc1CC)C(=O)C(c1ccc(C)cc1CC)=C(C)C2(C)C. The third-order valence-electron chi connectivity index (χ3n) is 6.59. The van der Waals surface area contributed by atoms with Gasteiger partial charge in [0.2, 0.25) is 0 Å². The van der Waals surface area contributed by atoms with Crippen LogP contribution in [-0.4, -0.2) is 5.78 Å². The first-order chi connectivity index (χ1) is 14.3. The highest BCUT2D eigenvalue weighted by Gasteiger charge is 2.38. The molecule has 2 aromatic carbocycles. The van der Waals surface area contributed by atoms with Crippen LogP contribution in [0.5, 0.6) is 0 Å². The zero-order valence-electron chi connectivity index (χ0n) is 19.6. The maximum Gasteiger partial charge on any atom is 0.193 e. The molecule has 1 heteroatoms. The monoisotopic (exact) mass is 398 g/mol. The predicted octanol–water partition coefficient (Wildman–Crippen LogP) is 7.22. The average Bonchev–Trinajstić information content (AvgIpc) is 2.73. The molecule has 0 saturated heterocycles.